The number of aromatic nitrogens is 2. The largest absolute Gasteiger partial charge is 0.308 e. The fourth-order valence-corrected chi connectivity index (χ4v) is 3.11. The fourth-order valence-electron chi connectivity index (χ4n) is 2.16. The molecule has 5 nitrogen and oxygen atoms in total. The summed E-state index contributed by atoms with van der Waals surface area (Å²) in [5, 5.41) is 4.99. The minimum Gasteiger partial charge on any atom is -0.308 e. The van der Waals surface area contributed by atoms with Crippen LogP contribution in [0.25, 0.3) is 0 Å². The fraction of sp³-hybridized carbons (Fsp3) is 0.357. The summed E-state index contributed by atoms with van der Waals surface area (Å²) in [6.07, 6.45) is 1.67. The highest BCUT2D eigenvalue weighted by Crippen LogP contribution is 2.30. The Morgan fingerprint density at radius 3 is 2.76 bits per heavy atom. The molecule has 1 atom stereocenters. The SMILES string of the molecule is CN(C)CCn1ncc(Cl)c1C(NN)c1ccccc1I. The van der Waals surface area contributed by atoms with Crippen LogP contribution in [-0.2, 0) is 6.54 Å². The zero-order valence-corrected chi connectivity index (χ0v) is 15.0. The predicted molar refractivity (Wildman–Crippen MR) is 94.1 cm³/mol. The predicted octanol–water partition coefficient (Wildman–Crippen LogP) is 2.26. The van der Waals surface area contributed by atoms with Crippen LogP contribution >= 0.6 is 34.2 Å². The molecule has 114 valence electrons. The number of hydrazine groups is 1. The molecule has 21 heavy (non-hydrogen) atoms. The van der Waals surface area contributed by atoms with Crippen molar-refractivity contribution >= 4 is 34.2 Å². The van der Waals surface area contributed by atoms with E-state index in [1.54, 1.807) is 6.20 Å². The molecule has 3 N–H and O–H groups in total. The van der Waals surface area contributed by atoms with Crippen molar-refractivity contribution in [1.82, 2.24) is 20.1 Å². The standard InChI is InChI=1S/C14H19ClIN5/c1-20(2)7-8-21-14(11(15)9-18-21)13(19-17)10-5-3-4-6-12(10)16/h3-6,9,13,19H,7-8,17H2,1-2H3. The van der Waals surface area contributed by atoms with Crippen molar-refractivity contribution in [2.45, 2.75) is 12.6 Å². The number of benzene rings is 1. The maximum atomic E-state index is 6.34. The number of hydrogen-bond donors (Lipinski definition) is 2. The number of likely N-dealkylation sites (N-methyl/N-ethyl adjacent to an activating group) is 1. The van der Waals surface area contributed by atoms with E-state index in [1.807, 2.05) is 37.0 Å². The molecule has 1 heterocycles. The second-order valence-corrected chi connectivity index (χ2v) is 6.59. The summed E-state index contributed by atoms with van der Waals surface area (Å²) >= 11 is 8.64. The Morgan fingerprint density at radius 1 is 1.43 bits per heavy atom. The molecule has 0 aliphatic carbocycles. The number of nitrogens with zero attached hydrogens (tertiary/aromatic N) is 3. The van der Waals surface area contributed by atoms with Crippen molar-refractivity contribution in [3.63, 3.8) is 0 Å². The van der Waals surface area contributed by atoms with E-state index >= 15 is 0 Å². The summed E-state index contributed by atoms with van der Waals surface area (Å²) in [6, 6.07) is 7.91. The van der Waals surface area contributed by atoms with Crippen molar-refractivity contribution in [1.29, 1.82) is 0 Å². The van der Waals surface area contributed by atoms with E-state index in [0.717, 1.165) is 27.9 Å². The van der Waals surface area contributed by atoms with Crippen LogP contribution in [0.5, 0.6) is 0 Å². The Labute approximate surface area is 143 Å². The van der Waals surface area contributed by atoms with Gasteiger partial charge in [0.25, 0.3) is 0 Å². The van der Waals surface area contributed by atoms with Gasteiger partial charge in [-0.2, -0.15) is 5.10 Å². The van der Waals surface area contributed by atoms with Gasteiger partial charge >= 0.3 is 0 Å². The Kier molecular flexibility index (Phi) is 6.00. The van der Waals surface area contributed by atoms with Gasteiger partial charge in [0.2, 0.25) is 0 Å². The highest BCUT2D eigenvalue weighted by molar-refractivity contribution is 14.1. The van der Waals surface area contributed by atoms with Gasteiger partial charge in [-0.3, -0.25) is 10.5 Å². The molecule has 1 aromatic heterocycles. The average Bonchev–Trinajstić information content (AvgIpc) is 2.81. The van der Waals surface area contributed by atoms with Crippen LogP contribution in [0.15, 0.2) is 30.5 Å². The van der Waals surface area contributed by atoms with Crippen molar-refractivity contribution in [3.05, 3.63) is 50.3 Å². The number of nitrogens with one attached hydrogen (secondary N) is 1. The lowest BCUT2D eigenvalue weighted by atomic mass is 10.0. The summed E-state index contributed by atoms with van der Waals surface area (Å²) in [7, 11) is 4.06. The second-order valence-electron chi connectivity index (χ2n) is 5.03. The van der Waals surface area contributed by atoms with Gasteiger partial charge in [0.15, 0.2) is 0 Å². The molecule has 1 aromatic carbocycles. The Bertz CT molecular complexity index is 599. The molecular formula is C14H19ClIN5. The van der Waals surface area contributed by atoms with Gasteiger partial charge in [-0.15, -0.1) is 0 Å². The van der Waals surface area contributed by atoms with Crippen LogP contribution in [0.3, 0.4) is 0 Å². The van der Waals surface area contributed by atoms with Gasteiger partial charge in [-0.25, -0.2) is 5.43 Å². The number of hydrogen-bond acceptors (Lipinski definition) is 4. The zero-order valence-electron chi connectivity index (χ0n) is 12.1. The summed E-state index contributed by atoms with van der Waals surface area (Å²) in [5.41, 5.74) is 4.85. The molecule has 0 radical (unpaired) electrons. The van der Waals surface area contributed by atoms with Crippen molar-refractivity contribution in [3.8, 4) is 0 Å². The smallest absolute Gasteiger partial charge is 0.0903 e. The van der Waals surface area contributed by atoms with Gasteiger partial charge in [-0.1, -0.05) is 29.8 Å². The van der Waals surface area contributed by atoms with Gasteiger partial charge in [-0.05, 0) is 48.3 Å². The first-order valence-corrected chi connectivity index (χ1v) is 8.06. The Hall–Kier alpha value is -0.670. The van der Waals surface area contributed by atoms with E-state index < -0.39 is 0 Å². The highest BCUT2D eigenvalue weighted by atomic mass is 127. The molecule has 0 aliphatic rings. The Balaban J connectivity index is 2.38. The normalized spacial score (nSPS) is 12.9. The number of rotatable bonds is 6. The van der Waals surface area contributed by atoms with E-state index in [1.165, 1.54) is 0 Å². The van der Waals surface area contributed by atoms with E-state index in [4.69, 9.17) is 17.4 Å². The number of halogens is 2. The van der Waals surface area contributed by atoms with Crippen LogP contribution in [-0.4, -0.2) is 35.3 Å². The van der Waals surface area contributed by atoms with Crippen LogP contribution in [0.2, 0.25) is 5.02 Å². The molecule has 0 saturated heterocycles. The topological polar surface area (TPSA) is 59.1 Å². The first-order chi connectivity index (χ1) is 10.0. The van der Waals surface area contributed by atoms with Crippen LogP contribution in [0.1, 0.15) is 17.3 Å². The van der Waals surface area contributed by atoms with Gasteiger partial charge in [0, 0.05) is 10.1 Å². The molecule has 2 aromatic rings. The van der Waals surface area contributed by atoms with Gasteiger partial charge < -0.3 is 4.90 Å². The van der Waals surface area contributed by atoms with Crippen molar-refractivity contribution in [2.24, 2.45) is 5.84 Å². The molecule has 0 saturated carbocycles. The summed E-state index contributed by atoms with van der Waals surface area (Å²) in [4.78, 5) is 2.11. The van der Waals surface area contributed by atoms with E-state index in [0.29, 0.717) is 5.02 Å². The lowest BCUT2D eigenvalue weighted by Crippen LogP contribution is -2.32. The zero-order chi connectivity index (χ0) is 15.4. The molecule has 7 heteroatoms. The molecule has 2 rings (SSSR count). The van der Waals surface area contributed by atoms with Crippen LogP contribution in [0, 0.1) is 3.57 Å². The van der Waals surface area contributed by atoms with E-state index in [9.17, 15) is 0 Å². The molecule has 0 fully saturated rings. The maximum Gasteiger partial charge on any atom is 0.0903 e. The van der Waals surface area contributed by atoms with Gasteiger partial charge in [0.1, 0.15) is 0 Å². The molecule has 1 unspecified atom stereocenters. The average molecular weight is 420 g/mol. The summed E-state index contributed by atoms with van der Waals surface area (Å²) in [5.74, 6) is 5.80. The molecule has 0 amide bonds. The van der Waals surface area contributed by atoms with Crippen molar-refractivity contribution in [2.75, 3.05) is 20.6 Å². The molecule has 0 aliphatic heterocycles. The third-order valence-corrected chi connectivity index (χ3v) is 4.52. The monoisotopic (exact) mass is 419 g/mol. The van der Waals surface area contributed by atoms with Crippen molar-refractivity contribution < 1.29 is 0 Å². The lowest BCUT2D eigenvalue weighted by molar-refractivity contribution is 0.365. The first kappa shape index (κ1) is 16.7. The number of nitrogens with two attached hydrogens (primary N) is 1. The van der Waals surface area contributed by atoms with E-state index in [-0.39, 0.29) is 6.04 Å². The minimum absolute atomic E-state index is 0.185. The summed E-state index contributed by atoms with van der Waals surface area (Å²) < 4.78 is 3.05. The van der Waals surface area contributed by atoms with Crippen LogP contribution < -0.4 is 11.3 Å². The maximum absolute atomic E-state index is 6.34. The third kappa shape index (κ3) is 3.95. The minimum atomic E-state index is -0.185. The second kappa shape index (κ2) is 7.55. The molecule has 0 bridgehead atoms. The summed E-state index contributed by atoms with van der Waals surface area (Å²) in [6.45, 7) is 1.64. The molecular weight excluding hydrogens is 401 g/mol. The highest BCUT2D eigenvalue weighted by Gasteiger charge is 2.22. The lowest BCUT2D eigenvalue weighted by Gasteiger charge is -2.21. The Morgan fingerprint density at radius 2 is 2.14 bits per heavy atom. The quantitative estimate of drug-likeness (QED) is 0.428. The van der Waals surface area contributed by atoms with E-state index in [2.05, 4.69) is 44.1 Å². The third-order valence-electron chi connectivity index (χ3n) is 3.25. The molecule has 0 spiro atoms. The van der Waals surface area contributed by atoms with Crippen LogP contribution in [0.4, 0.5) is 0 Å². The van der Waals surface area contributed by atoms with Gasteiger partial charge in [0.05, 0.1) is 29.5 Å². The first-order valence-electron chi connectivity index (χ1n) is 6.61.